The molecular weight excluding hydrogens is 603 g/mol. The number of benzene rings is 1. The third kappa shape index (κ3) is 13.0. The van der Waals surface area contributed by atoms with Crippen LogP contribution in [0.4, 0.5) is 0 Å². The van der Waals surface area contributed by atoms with Crippen molar-refractivity contribution in [2.45, 2.75) is 96.2 Å². The number of likely N-dealkylation sites (N-methyl/N-ethyl adjacent to an activating group) is 1. The molecule has 3 N–H and O–H groups in total. The second-order valence-corrected chi connectivity index (χ2v) is 15.5. The maximum atomic E-state index is 14.0. The Morgan fingerprint density at radius 1 is 1.00 bits per heavy atom. The van der Waals surface area contributed by atoms with E-state index in [4.69, 9.17) is 0 Å². The van der Waals surface area contributed by atoms with Crippen molar-refractivity contribution in [2.75, 3.05) is 39.0 Å². The van der Waals surface area contributed by atoms with Gasteiger partial charge in [0.05, 0.1) is 23.2 Å². The number of hydrogen-bond acceptors (Lipinski definition) is 8. The molecule has 1 saturated heterocycles. The maximum Gasteiger partial charge on any atom is 0.243 e. The number of carbonyl (C=O) groups excluding carboxylic acids is 2. The molecule has 1 aliphatic carbocycles. The van der Waals surface area contributed by atoms with Gasteiger partial charge < -0.3 is 20.6 Å². The van der Waals surface area contributed by atoms with Crippen LogP contribution in [-0.2, 0) is 22.4 Å². The van der Waals surface area contributed by atoms with Gasteiger partial charge in [-0.25, -0.2) is 9.29 Å². The van der Waals surface area contributed by atoms with Gasteiger partial charge in [-0.2, -0.15) is 0 Å². The molecule has 4 rings (SSSR count). The molecule has 45 heavy (non-hydrogen) atoms. The molecule has 1 aromatic heterocycles. The van der Waals surface area contributed by atoms with Crippen molar-refractivity contribution in [3.8, 4) is 0 Å². The summed E-state index contributed by atoms with van der Waals surface area (Å²) < 4.78 is 2.36. The molecule has 0 radical (unpaired) electrons. The number of carbonyl (C=O) groups is 2. The van der Waals surface area contributed by atoms with Crippen molar-refractivity contribution in [2.24, 2.45) is 17.8 Å². The number of thiazole rings is 1. The van der Waals surface area contributed by atoms with E-state index < -0.39 is 12.1 Å². The van der Waals surface area contributed by atoms with Crippen LogP contribution in [0.15, 0.2) is 41.2 Å². The average molecular weight is 658 g/mol. The SMILES string of the molecule is CC(C)CC(O)CC(CC1CCCCC1)NC(=O)[C@H](Cc1cscn1)NC(=O)C(CSN1CCN(C)CC1)Cc1ccccc1. The Morgan fingerprint density at radius 2 is 1.73 bits per heavy atom. The van der Waals surface area contributed by atoms with Gasteiger partial charge >= 0.3 is 0 Å². The third-order valence-corrected chi connectivity index (χ3v) is 11.1. The lowest BCUT2D eigenvalue weighted by atomic mass is 9.83. The van der Waals surface area contributed by atoms with Crippen molar-refractivity contribution in [3.63, 3.8) is 0 Å². The van der Waals surface area contributed by atoms with E-state index in [1.807, 2.05) is 23.6 Å². The predicted octanol–water partition coefficient (Wildman–Crippen LogP) is 5.18. The molecule has 2 fully saturated rings. The molecule has 250 valence electrons. The Hall–Kier alpha value is -1.98. The highest BCUT2D eigenvalue weighted by molar-refractivity contribution is 7.97. The van der Waals surface area contributed by atoms with Gasteiger partial charge in [0.2, 0.25) is 11.8 Å². The first-order valence-electron chi connectivity index (χ1n) is 17.0. The molecule has 4 atom stereocenters. The fourth-order valence-corrected chi connectivity index (χ4v) is 8.25. The molecule has 2 aromatic rings. The zero-order valence-corrected chi connectivity index (χ0v) is 29.2. The third-order valence-electron chi connectivity index (χ3n) is 9.14. The van der Waals surface area contributed by atoms with Crippen LogP contribution < -0.4 is 10.6 Å². The molecule has 1 saturated carbocycles. The second kappa shape index (κ2) is 19.0. The number of hydrogen-bond donors (Lipinski definition) is 3. The van der Waals surface area contributed by atoms with E-state index in [0.29, 0.717) is 43.3 Å². The molecule has 10 heteroatoms. The summed E-state index contributed by atoms with van der Waals surface area (Å²) >= 11 is 3.24. The predicted molar refractivity (Wildman–Crippen MR) is 186 cm³/mol. The first-order valence-corrected chi connectivity index (χ1v) is 18.9. The minimum absolute atomic E-state index is 0.0977. The molecule has 8 nitrogen and oxygen atoms in total. The van der Waals surface area contributed by atoms with Crippen molar-refractivity contribution >= 4 is 35.1 Å². The number of aliphatic hydroxyl groups is 1. The first-order chi connectivity index (χ1) is 21.7. The van der Waals surface area contributed by atoms with E-state index >= 15 is 0 Å². The highest BCUT2D eigenvalue weighted by atomic mass is 32.2. The summed E-state index contributed by atoms with van der Waals surface area (Å²) in [4.78, 5) is 34.8. The zero-order chi connectivity index (χ0) is 32.0. The summed E-state index contributed by atoms with van der Waals surface area (Å²) in [7, 11) is 2.14. The fourth-order valence-electron chi connectivity index (χ4n) is 6.59. The molecule has 0 spiro atoms. The van der Waals surface area contributed by atoms with Crippen LogP contribution in [0.1, 0.15) is 76.5 Å². The van der Waals surface area contributed by atoms with E-state index in [2.05, 4.69) is 57.9 Å². The Balaban J connectivity index is 1.47. The Labute approximate surface area is 279 Å². The van der Waals surface area contributed by atoms with Gasteiger partial charge in [-0.05, 0) is 50.1 Å². The van der Waals surface area contributed by atoms with Crippen LogP contribution in [0.5, 0.6) is 0 Å². The number of nitrogens with zero attached hydrogens (tertiary/aromatic N) is 3. The van der Waals surface area contributed by atoms with E-state index in [1.165, 1.54) is 43.4 Å². The highest BCUT2D eigenvalue weighted by Gasteiger charge is 2.30. The second-order valence-electron chi connectivity index (χ2n) is 13.6. The van der Waals surface area contributed by atoms with Crippen LogP contribution in [0.3, 0.4) is 0 Å². The van der Waals surface area contributed by atoms with Crippen molar-refractivity contribution in [3.05, 3.63) is 52.5 Å². The number of piperazine rings is 1. The topological polar surface area (TPSA) is 97.8 Å². The normalized spacial score (nSPS) is 19.6. The number of nitrogens with one attached hydrogen (secondary N) is 2. The van der Waals surface area contributed by atoms with Gasteiger partial charge in [-0.15, -0.1) is 11.3 Å². The maximum absolute atomic E-state index is 14.0. The lowest BCUT2D eigenvalue weighted by Crippen LogP contribution is -2.53. The van der Waals surface area contributed by atoms with Crippen LogP contribution in [0.25, 0.3) is 0 Å². The first kappa shape index (κ1) is 35.9. The molecule has 1 aromatic carbocycles. The quantitative estimate of drug-likeness (QED) is 0.202. The summed E-state index contributed by atoms with van der Waals surface area (Å²) in [5, 5.41) is 19.3. The lowest BCUT2D eigenvalue weighted by molar-refractivity contribution is -0.131. The number of amides is 2. The van der Waals surface area contributed by atoms with Crippen LogP contribution in [0, 0.1) is 17.8 Å². The van der Waals surface area contributed by atoms with Gasteiger partial charge in [-0.3, -0.25) is 9.59 Å². The number of aliphatic hydroxyl groups excluding tert-OH is 1. The smallest absolute Gasteiger partial charge is 0.243 e. The standard InChI is InChI=1S/C35H55N5O3S2/c1-26(2)18-32(41)21-30(20-28-12-8-5-9-13-28)37-35(43)33(22-31-24-44-25-36-31)38-34(42)29(19-27-10-6-4-7-11-27)23-45-40-16-14-39(3)15-17-40/h4,6-7,10-11,24-26,28-30,32-33,41H,5,8-9,12-23H2,1-3H3,(H,37,43)(H,38,42)/t29?,30?,32?,33-/m0/s1. The Bertz CT molecular complexity index is 1120. The lowest BCUT2D eigenvalue weighted by Gasteiger charge is -2.32. The van der Waals surface area contributed by atoms with Crippen molar-refractivity contribution < 1.29 is 14.7 Å². The molecule has 2 amide bonds. The van der Waals surface area contributed by atoms with Gasteiger partial charge in [0, 0.05) is 49.8 Å². The van der Waals surface area contributed by atoms with E-state index in [0.717, 1.165) is 43.9 Å². The average Bonchev–Trinajstić information content (AvgIpc) is 3.53. The summed E-state index contributed by atoms with van der Waals surface area (Å²) in [5.74, 6) is 1.03. The summed E-state index contributed by atoms with van der Waals surface area (Å²) in [5.41, 5.74) is 3.69. The summed E-state index contributed by atoms with van der Waals surface area (Å²) in [6, 6.07) is 9.29. The van der Waals surface area contributed by atoms with E-state index in [1.54, 1.807) is 17.5 Å². The molecule has 1 aliphatic heterocycles. The molecular formula is C35H55N5O3S2. The van der Waals surface area contributed by atoms with Crippen molar-refractivity contribution in [1.82, 2.24) is 24.8 Å². The van der Waals surface area contributed by atoms with E-state index in [9.17, 15) is 14.7 Å². The van der Waals surface area contributed by atoms with Crippen LogP contribution >= 0.6 is 23.3 Å². The Kier molecular flexibility index (Phi) is 15.1. The molecule has 3 unspecified atom stereocenters. The monoisotopic (exact) mass is 657 g/mol. The van der Waals surface area contributed by atoms with Gasteiger partial charge in [0.15, 0.2) is 0 Å². The molecule has 2 aliphatic rings. The molecule has 0 bridgehead atoms. The van der Waals surface area contributed by atoms with Crippen LogP contribution in [-0.4, -0.2) is 88.3 Å². The van der Waals surface area contributed by atoms with E-state index in [-0.39, 0.29) is 23.8 Å². The van der Waals surface area contributed by atoms with Gasteiger partial charge in [-0.1, -0.05) is 88.2 Å². The minimum Gasteiger partial charge on any atom is -0.393 e. The number of aromatic nitrogens is 1. The largest absolute Gasteiger partial charge is 0.393 e. The van der Waals surface area contributed by atoms with Crippen molar-refractivity contribution in [1.29, 1.82) is 0 Å². The Morgan fingerprint density at radius 3 is 2.40 bits per heavy atom. The summed E-state index contributed by atoms with van der Waals surface area (Å²) in [6.07, 6.45) is 8.72. The number of rotatable bonds is 17. The molecule has 2 heterocycles. The fraction of sp³-hybridized carbons (Fsp3) is 0.686. The highest BCUT2D eigenvalue weighted by Crippen LogP contribution is 2.29. The summed E-state index contributed by atoms with van der Waals surface area (Å²) in [6.45, 7) is 8.22. The minimum atomic E-state index is -0.734. The van der Waals surface area contributed by atoms with Gasteiger partial charge in [0.25, 0.3) is 0 Å². The zero-order valence-electron chi connectivity index (χ0n) is 27.5. The van der Waals surface area contributed by atoms with Gasteiger partial charge in [0.1, 0.15) is 6.04 Å². The van der Waals surface area contributed by atoms with Crippen LogP contribution in [0.2, 0.25) is 0 Å².